The highest BCUT2D eigenvalue weighted by molar-refractivity contribution is 5.48. The largest absolute Gasteiger partial charge is 0.389 e. The topological polar surface area (TPSA) is 45.6 Å². The lowest BCUT2D eigenvalue weighted by Crippen LogP contribution is -2.37. The number of anilines is 1. The third-order valence-corrected chi connectivity index (χ3v) is 3.20. The number of pyridine rings is 1. The van der Waals surface area contributed by atoms with Gasteiger partial charge in [0.15, 0.2) is 0 Å². The number of nitrogens with zero attached hydrogens (tertiary/aromatic N) is 2. The monoisotopic (exact) mass is 252 g/mol. The molecule has 0 radical (unpaired) electrons. The molecule has 0 amide bonds. The Bertz CT molecular complexity index is 355. The predicted molar refractivity (Wildman–Crippen MR) is 73.8 cm³/mol. The summed E-state index contributed by atoms with van der Waals surface area (Å²) in [4.78, 5) is 6.63. The molecule has 1 aromatic heterocycles. The van der Waals surface area contributed by atoms with Gasteiger partial charge in [-0.1, -0.05) is 13.0 Å². The van der Waals surface area contributed by atoms with Gasteiger partial charge in [0.05, 0.1) is 12.7 Å². The van der Waals surface area contributed by atoms with Gasteiger partial charge in [-0.05, 0) is 26.3 Å². The van der Waals surface area contributed by atoms with Crippen LogP contribution in [0.5, 0.6) is 0 Å². The van der Waals surface area contributed by atoms with Crippen molar-refractivity contribution in [1.29, 1.82) is 0 Å². The van der Waals surface area contributed by atoms with Crippen LogP contribution in [0.15, 0.2) is 18.3 Å². The van der Waals surface area contributed by atoms with Gasteiger partial charge >= 0.3 is 0 Å². The van der Waals surface area contributed by atoms with Crippen molar-refractivity contribution in [2.45, 2.75) is 39.3 Å². The molecular weight excluding hydrogens is 228 g/mol. The lowest BCUT2D eigenvalue weighted by atomic mass is 10.1. The van der Waals surface area contributed by atoms with E-state index >= 15 is 0 Å². The van der Waals surface area contributed by atoms with Crippen LogP contribution in [0.2, 0.25) is 0 Å². The fraction of sp³-hybridized carbons (Fsp3) is 0.643. The van der Waals surface area contributed by atoms with Crippen LogP contribution in [-0.4, -0.2) is 36.4 Å². The second kappa shape index (κ2) is 7.34. The third-order valence-electron chi connectivity index (χ3n) is 3.20. The molecule has 0 saturated heterocycles. The number of rotatable bonds is 7. The minimum absolute atomic E-state index is 0.368. The summed E-state index contributed by atoms with van der Waals surface area (Å²) in [5.74, 6) is 0.860. The number of aliphatic hydroxyl groups is 1. The van der Waals surface area contributed by atoms with Gasteiger partial charge in [-0.25, -0.2) is 4.98 Å². The van der Waals surface area contributed by atoms with Crippen LogP contribution < -0.4 is 4.90 Å². The quantitative estimate of drug-likeness (QED) is 0.809. The number of hydrogen-bond donors (Lipinski definition) is 1. The van der Waals surface area contributed by atoms with E-state index in [1.165, 1.54) is 0 Å². The van der Waals surface area contributed by atoms with E-state index in [2.05, 4.69) is 23.7 Å². The SMILES string of the molecule is CCC(C)N(CCOC)c1ncccc1[C@@H](C)O. The van der Waals surface area contributed by atoms with Crippen molar-refractivity contribution in [2.75, 3.05) is 25.2 Å². The molecule has 1 aromatic rings. The van der Waals surface area contributed by atoms with Crippen LogP contribution in [0.25, 0.3) is 0 Å². The Kier molecular flexibility index (Phi) is 6.09. The molecule has 1 rings (SSSR count). The van der Waals surface area contributed by atoms with E-state index in [4.69, 9.17) is 4.74 Å². The average molecular weight is 252 g/mol. The lowest BCUT2D eigenvalue weighted by molar-refractivity contribution is 0.195. The highest BCUT2D eigenvalue weighted by atomic mass is 16.5. The van der Waals surface area contributed by atoms with Crippen LogP contribution in [0.3, 0.4) is 0 Å². The molecule has 4 heteroatoms. The number of methoxy groups -OCH3 is 1. The first-order chi connectivity index (χ1) is 8.61. The summed E-state index contributed by atoms with van der Waals surface area (Å²) in [7, 11) is 1.70. The van der Waals surface area contributed by atoms with E-state index in [-0.39, 0.29) is 0 Å². The van der Waals surface area contributed by atoms with Crippen LogP contribution in [-0.2, 0) is 4.74 Å². The van der Waals surface area contributed by atoms with Crippen molar-refractivity contribution in [3.05, 3.63) is 23.9 Å². The normalized spacial score (nSPS) is 14.3. The van der Waals surface area contributed by atoms with Gasteiger partial charge in [-0.2, -0.15) is 0 Å². The Morgan fingerprint density at radius 3 is 2.72 bits per heavy atom. The number of aliphatic hydroxyl groups excluding tert-OH is 1. The molecule has 102 valence electrons. The van der Waals surface area contributed by atoms with Crippen molar-refractivity contribution < 1.29 is 9.84 Å². The fourth-order valence-corrected chi connectivity index (χ4v) is 1.92. The Hall–Kier alpha value is -1.13. The second-order valence-electron chi connectivity index (χ2n) is 4.54. The molecule has 0 aliphatic carbocycles. The van der Waals surface area contributed by atoms with Gasteiger partial charge in [0, 0.05) is 31.5 Å². The van der Waals surface area contributed by atoms with Gasteiger partial charge in [0.2, 0.25) is 0 Å². The molecule has 0 aromatic carbocycles. The number of ether oxygens (including phenoxy) is 1. The summed E-state index contributed by atoms with van der Waals surface area (Å²) in [6, 6.07) is 4.15. The summed E-state index contributed by atoms with van der Waals surface area (Å²) < 4.78 is 5.16. The summed E-state index contributed by atoms with van der Waals surface area (Å²) in [5.41, 5.74) is 0.869. The van der Waals surface area contributed by atoms with E-state index in [1.807, 2.05) is 12.1 Å². The second-order valence-corrected chi connectivity index (χ2v) is 4.54. The van der Waals surface area contributed by atoms with Crippen LogP contribution in [0.4, 0.5) is 5.82 Å². The molecule has 1 N–H and O–H groups in total. The molecule has 18 heavy (non-hydrogen) atoms. The minimum atomic E-state index is -0.511. The first kappa shape index (κ1) is 14.9. The van der Waals surface area contributed by atoms with E-state index in [1.54, 1.807) is 20.2 Å². The zero-order chi connectivity index (χ0) is 13.5. The Labute approximate surface area is 110 Å². The Balaban J connectivity index is 3.03. The van der Waals surface area contributed by atoms with Crippen LogP contribution >= 0.6 is 0 Å². The molecule has 0 fully saturated rings. The molecule has 2 atom stereocenters. The number of aromatic nitrogens is 1. The minimum Gasteiger partial charge on any atom is -0.389 e. The zero-order valence-electron chi connectivity index (χ0n) is 11.8. The van der Waals surface area contributed by atoms with Gasteiger partial charge in [-0.15, -0.1) is 0 Å². The highest BCUT2D eigenvalue weighted by Crippen LogP contribution is 2.25. The Morgan fingerprint density at radius 1 is 1.44 bits per heavy atom. The molecule has 1 unspecified atom stereocenters. The summed E-state index contributed by atoms with van der Waals surface area (Å²) in [5, 5.41) is 9.84. The molecule has 0 aliphatic rings. The smallest absolute Gasteiger partial charge is 0.134 e. The summed E-state index contributed by atoms with van der Waals surface area (Å²) >= 11 is 0. The van der Waals surface area contributed by atoms with Gasteiger partial charge < -0.3 is 14.7 Å². The van der Waals surface area contributed by atoms with E-state index in [9.17, 15) is 5.11 Å². The molecule has 0 bridgehead atoms. The number of hydrogen-bond acceptors (Lipinski definition) is 4. The molecule has 0 spiro atoms. The van der Waals surface area contributed by atoms with Crippen LogP contribution in [0, 0.1) is 0 Å². The Morgan fingerprint density at radius 2 is 2.17 bits per heavy atom. The van der Waals surface area contributed by atoms with Crippen molar-refractivity contribution in [3.8, 4) is 0 Å². The lowest BCUT2D eigenvalue weighted by Gasteiger charge is -2.31. The summed E-state index contributed by atoms with van der Waals surface area (Å²) in [6.07, 6.45) is 2.28. The van der Waals surface area contributed by atoms with E-state index in [0.29, 0.717) is 12.6 Å². The van der Waals surface area contributed by atoms with E-state index in [0.717, 1.165) is 24.3 Å². The van der Waals surface area contributed by atoms with Gasteiger partial charge in [0.1, 0.15) is 5.82 Å². The molecule has 4 nitrogen and oxygen atoms in total. The fourth-order valence-electron chi connectivity index (χ4n) is 1.92. The predicted octanol–water partition coefficient (Wildman–Crippen LogP) is 2.39. The van der Waals surface area contributed by atoms with E-state index < -0.39 is 6.10 Å². The first-order valence-corrected chi connectivity index (χ1v) is 6.50. The van der Waals surface area contributed by atoms with Crippen molar-refractivity contribution in [3.63, 3.8) is 0 Å². The molecule has 1 heterocycles. The maximum atomic E-state index is 9.84. The molecular formula is C14H24N2O2. The zero-order valence-corrected chi connectivity index (χ0v) is 11.8. The standard InChI is InChI=1S/C14H24N2O2/c1-5-11(2)16(9-10-18-4)14-13(12(3)17)7-6-8-15-14/h6-8,11-12,17H,5,9-10H2,1-4H3/t11?,12-/m1/s1. The van der Waals surface area contributed by atoms with Crippen molar-refractivity contribution >= 4 is 5.82 Å². The maximum absolute atomic E-state index is 9.84. The van der Waals surface area contributed by atoms with Gasteiger partial charge in [0.25, 0.3) is 0 Å². The van der Waals surface area contributed by atoms with Crippen molar-refractivity contribution in [2.24, 2.45) is 0 Å². The highest BCUT2D eigenvalue weighted by Gasteiger charge is 2.19. The summed E-state index contributed by atoms with van der Waals surface area (Å²) in [6.45, 7) is 7.51. The van der Waals surface area contributed by atoms with Gasteiger partial charge in [-0.3, -0.25) is 0 Å². The molecule has 0 aliphatic heterocycles. The van der Waals surface area contributed by atoms with Crippen LogP contribution in [0.1, 0.15) is 38.9 Å². The first-order valence-electron chi connectivity index (χ1n) is 6.50. The average Bonchev–Trinajstić information content (AvgIpc) is 2.39. The third kappa shape index (κ3) is 3.68. The molecule has 0 saturated carbocycles. The van der Waals surface area contributed by atoms with Crippen molar-refractivity contribution in [1.82, 2.24) is 4.98 Å². The maximum Gasteiger partial charge on any atom is 0.134 e.